The summed E-state index contributed by atoms with van der Waals surface area (Å²) in [6.07, 6.45) is 5.76. The van der Waals surface area contributed by atoms with Gasteiger partial charge < -0.3 is 16.4 Å². The van der Waals surface area contributed by atoms with Crippen LogP contribution >= 0.6 is 0 Å². The molecule has 24 heavy (non-hydrogen) atoms. The quantitative estimate of drug-likeness (QED) is 0.433. The van der Waals surface area contributed by atoms with E-state index in [2.05, 4.69) is 23.3 Å². The van der Waals surface area contributed by atoms with E-state index in [0.717, 1.165) is 19.3 Å². The first kappa shape index (κ1) is 24.3. The summed E-state index contributed by atoms with van der Waals surface area (Å²) >= 11 is 0. The van der Waals surface area contributed by atoms with E-state index in [1.54, 1.807) is 20.8 Å². The van der Waals surface area contributed by atoms with Gasteiger partial charge in [-0.15, -0.1) is 0 Å². The maximum atomic E-state index is 11.5. The van der Waals surface area contributed by atoms with E-state index in [4.69, 9.17) is 0 Å². The Kier molecular flexibility index (Phi) is 13.7. The van der Waals surface area contributed by atoms with Crippen molar-refractivity contribution < 1.29 is 19.2 Å². The summed E-state index contributed by atoms with van der Waals surface area (Å²) in [7, 11) is 0. The van der Waals surface area contributed by atoms with Crippen molar-refractivity contribution >= 4 is 23.5 Å². The van der Waals surface area contributed by atoms with Gasteiger partial charge in [0, 0.05) is 18.9 Å². The summed E-state index contributed by atoms with van der Waals surface area (Å²) in [5.74, 6) is -1.77. The molecule has 0 saturated carbocycles. The van der Waals surface area contributed by atoms with Crippen molar-refractivity contribution in [1.82, 2.24) is 10.6 Å². The fourth-order valence-electron chi connectivity index (χ4n) is 1.65. The van der Waals surface area contributed by atoms with Gasteiger partial charge in [0.15, 0.2) is 0 Å². The zero-order chi connectivity index (χ0) is 19.2. The number of hydrogen-bond acceptors (Lipinski definition) is 4. The Bertz CT molecular complexity index is 411. The number of nitrogens with two attached hydrogens (primary N) is 1. The highest BCUT2D eigenvalue weighted by molar-refractivity contribution is 6.37. The molecule has 0 fully saturated rings. The molecule has 0 radical (unpaired) electrons. The van der Waals surface area contributed by atoms with Crippen molar-refractivity contribution in [2.75, 3.05) is 6.54 Å². The number of Topliss-reactive ketones (excluding diaryl/α,β-unsaturated/α-hetero) is 1. The molecule has 0 aromatic heterocycles. The molecule has 7 nitrogen and oxygen atoms in total. The van der Waals surface area contributed by atoms with E-state index in [1.807, 2.05) is 0 Å². The van der Waals surface area contributed by atoms with Crippen LogP contribution in [0.5, 0.6) is 0 Å². The number of rotatable bonds is 9. The fraction of sp³-hybridized carbons (Fsp3) is 0.765. The number of carbonyl (C=O) groups is 4. The third kappa shape index (κ3) is 20.1. The third-order valence-corrected chi connectivity index (χ3v) is 2.70. The molecule has 0 bridgehead atoms. The van der Waals surface area contributed by atoms with E-state index in [-0.39, 0.29) is 18.4 Å². The number of primary amides is 1. The summed E-state index contributed by atoms with van der Waals surface area (Å²) in [5, 5.41) is 5.06. The minimum atomic E-state index is -0.652. The first-order chi connectivity index (χ1) is 11.0. The second kappa shape index (κ2) is 13.5. The smallest absolute Gasteiger partial charge is 0.289 e. The van der Waals surface area contributed by atoms with Crippen molar-refractivity contribution in [2.45, 2.75) is 78.7 Å². The molecule has 0 atom stereocenters. The molecule has 3 amide bonds. The van der Waals surface area contributed by atoms with Crippen LogP contribution in [0.2, 0.25) is 0 Å². The van der Waals surface area contributed by atoms with Crippen molar-refractivity contribution in [2.24, 2.45) is 5.73 Å². The summed E-state index contributed by atoms with van der Waals surface area (Å²) in [5.41, 5.74) is 4.02. The van der Waals surface area contributed by atoms with E-state index >= 15 is 0 Å². The lowest BCUT2D eigenvalue weighted by atomic mass is 10.1. The van der Waals surface area contributed by atoms with E-state index < -0.39 is 17.2 Å². The normalized spacial score (nSPS) is 10.2. The summed E-state index contributed by atoms with van der Waals surface area (Å²) in [6.45, 7) is 8.61. The van der Waals surface area contributed by atoms with Gasteiger partial charge in [0.2, 0.25) is 17.6 Å². The number of carbonyl (C=O) groups excluding carboxylic acids is 4. The lowest BCUT2D eigenvalue weighted by Crippen LogP contribution is -2.47. The maximum Gasteiger partial charge on any atom is 0.289 e. The van der Waals surface area contributed by atoms with E-state index in [0.29, 0.717) is 6.42 Å². The zero-order valence-electron chi connectivity index (χ0n) is 15.7. The Morgan fingerprint density at radius 2 is 1.46 bits per heavy atom. The minimum absolute atomic E-state index is 0.168. The number of ketones is 1. The highest BCUT2D eigenvalue weighted by Gasteiger charge is 2.20. The third-order valence-electron chi connectivity index (χ3n) is 2.70. The van der Waals surface area contributed by atoms with E-state index in [1.165, 1.54) is 19.8 Å². The Balaban J connectivity index is 0. The van der Waals surface area contributed by atoms with Crippen LogP contribution in [0.15, 0.2) is 0 Å². The highest BCUT2D eigenvalue weighted by Crippen LogP contribution is 2.04. The van der Waals surface area contributed by atoms with Crippen LogP contribution in [0.25, 0.3) is 0 Å². The Morgan fingerprint density at radius 3 is 1.92 bits per heavy atom. The molecule has 0 aliphatic carbocycles. The number of nitrogens with one attached hydrogen (secondary N) is 2. The van der Waals surface area contributed by atoms with Gasteiger partial charge in [-0.25, -0.2) is 0 Å². The van der Waals surface area contributed by atoms with Crippen LogP contribution < -0.4 is 16.4 Å². The predicted octanol–water partition coefficient (Wildman–Crippen LogP) is 1.44. The Labute approximate surface area is 145 Å². The van der Waals surface area contributed by atoms with Gasteiger partial charge in [-0.2, -0.15) is 0 Å². The predicted molar refractivity (Wildman–Crippen MR) is 94.2 cm³/mol. The average molecular weight is 343 g/mol. The summed E-state index contributed by atoms with van der Waals surface area (Å²) in [4.78, 5) is 43.7. The standard InChI is InChI=1S/C15H28N2O3.C2H5NO/c1-5-6-7-8-9-10-13(19)16-11-12(18)14(20)17-15(2,3)4;1-2(3)4/h5-11H2,1-4H3,(H,16,19)(H,17,20);1H3,(H2,3,4). The first-order valence-electron chi connectivity index (χ1n) is 8.37. The van der Waals surface area contributed by atoms with Crippen LogP contribution in [-0.4, -0.2) is 35.6 Å². The molecule has 140 valence electrons. The molecular formula is C17H33N3O4. The molecule has 0 aliphatic heterocycles. The molecule has 0 aliphatic rings. The van der Waals surface area contributed by atoms with Gasteiger partial charge in [0.1, 0.15) is 0 Å². The molecule has 7 heteroatoms. The first-order valence-corrected chi connectivity index (χ1v) is 8.37. The minimum Gasteiger partial charge on any atom is -0.370 e. The largest absolute Gasteiger partial charge is 0.370 e. The summed E-state index contributed by atoms with van der Waals surface area (Å²) in [6, 6.07) is 0. The van der Waals surface area contributed by atoms with Crippen LogP contribution in [0.4, 0.5) is 0 Å². The van der Waals surface area contributed by atoms with E-state index in [9.17, 15) is 19.2 Å². The van der Waals surface area contributed by atoms with Gasteiger partial charge in [-0.05, 0) is 27.2 Å². The second-order valence-electron chi connectivity index (χ2n) is 6.68. The van der Waals surface area contributed by atoms with Crippen LogP contribution in [0.1, 0.15) is 73.1 Å². The molecule has 0 heterocycles. The van der Waals surface area contributed by atoms with Gasteiger partial charge in [0.25, 0.3) is 5.91 Å². The lowest BCUT2D eigenvalue weighted by molar-refractivity contribution is -0.138. The average Bonchev–Trinajstić information content (AvgIpc) is 2.42. The van der Waals surface area contributed by atoms with Gasteiger partial charge in [-0.1, -0.05) is 32.6 Å². The van der Waals surface area contributed by atoms with Crippen molar-refractivity contribution in [3.63, 3.8) is 0 Å². The SMILES string of the molecule is CC(N)=O.CCCCCCCC(=O)NCC(=O)C(=O)NC(C)(C)C. The number of hydrogen-bond donors (Lipinski definition) is 3. The number of amides is 3. The maximum absolute atomic E-state index is 11.5. The van der Waals surface area contributed by atoms with Gasteiger partial charge >= 0.3 is 0 Å². The lowest BCUT2D eigenvalue weighted by Gasteiger charge is -2.19. The van der Waals surface area contributed by atoms with Crippen LogP contribution in [-0.2, 0) is 19.2 Å². The van der Waals surface area contributed by atoms with Crippen molar-refractivity contribution in [3.8, 4) is 0 Å². The molecule has 0 rings (SSSR count). The van der Waals surface area contributed by atoms with Crippen molar-refractivity contribution in [1.29, 1.82) is 0 Å². The molecule has 0 saturated heterocycles. The number of unbranched alkanes of at least 4 members (excludes halogenated alkanes) is 4. The van der Waals surface area contributed by atoms with Gasteiger partial charge in [-0.3, -0.25) is 19.2 Å². The molecular weight excluding hydrogens is 310 g/mol. The molecule has 0 spiro atoms. The highest BCUT2D eigenvalue weighted by atomic mass is 16.2. The zero-order valence-corrected chi connectivity index (χ0v) is 15.7. The Morgan fingerprint density at radius 1 is 0.958 bits per heavy atom. The van der Waals surface area contributed by atoms with Crippen LogP contribution in [0, 0.1) is 0 Å². The molecule has 0 unspecified atom stereocenters. The molecule has 4 N–H and O–H groups in total. The Hall–Kier alpha value is -1.92. The fourth-order valence-corrected chi connectivity index (χ4v) is 1.65. The molecule has 0 aromatic rings. The van der Waals surface area contributed by atoms with Gasteiger partial charge in [0.05, 0.1) is 6.54 Å². The van der Waals surface area contributed by atoms with Crippen molar-refractivity contribution in [3.05, 3.63) is 0 Å². The van der Waals surface area contributed by atoms with Crippen LogP contribution in [0.3, 0.4) is 0 Å². The second-order valence-corrected chi connectivity index (χ2v) is 6.68. The monoisotopic (exact) mass is 343 g/mol. The summed E-state index contributed by atoms with van der Waals surface area (Å²) < 4.78 is 0. The molecule has 0 aromatic carbocycles. The topological polar surface area (TPSA) is 118 Å².